The number of rotatable bonds is 6. The minimum absolute atomic E-state index is 0.177. The Bertz CT molecular complexity index is 1490. The summed E-state index contributed by atoms with van der Waals surface area (Å²) < 4.78 is 0. The lowest BCUT2D eigenvalue weighted by molar-refractivity contribution is 0.409. The fourth-order valence-corrected chi connectivity index (χ4v) is 23.9. The van der Waals surface area contributed by atoms with E-state index in [0.717, 1.165) is 12.8 Å². The molecule has 1 saturated heterocycles. The Hall–Kier alpha value is -3.65. The standard InChI is InChI=1S/C42H48Si2/c1-33(31-41(3,4)5)29-39-43(35-21-13-9-14-22-35,36-23-15-10-16-24-36)40(30-34(2)32-42(6,7)8)44(39,37-25-17-11-18-26-37)38-27-19-12-20-28-38/h9-28H,31-32H2,1-8H3. The van der Waals surface area contributed by atoms with Gasteiger partial charge < -0.3 is 0 Å². The number of hydrogen-bond acceptors (Lipinski definition) is 0. The van der Waals surface area contributed by atoms with Crippen molar-refractivity contribution in [2.75, 3.05) is 0 Å². The Morgan fingerprint density at radius 3 is 0.864 bits per heavy atom. The van der Waals surface area contributed by atoms with Gasteiger partial charge in [-0.05, 0) is 79.1 Å². The summed E-state index contributed by atoms with van der Waals surface area (Å²) >= 11 is 0. The zero-order valence-corrected chi connectivity index (χ0v) is 30.0. The van der Waals surface area contributed by atoms with Crippen LogP contribution in [0.1, 0.15) is 68.2 Å². The summed E-state index contributed by atoms with van der Waals surface area (Å²) in [5.74, 6) is 0. The topological polar surface area (TPSA) is 0 Å². The molecule has 4 aromatic carbocycles. The van der Waals surface area contributed by atoms with Crippen molar-refractivity contribution < 1.29 is 0 Å². The Morgan fingerprint density at radius 1 is 0.432 bits per heavy atom. The molecule has 1 aliphatic heterocycles. The first-order chi connectivity index (χ1) is 20.9. The van der Waals surface area contributed by atoms with Crippen molar-refractivity contribution in [2.45, 2.75) is 68.2 Å². The van der Waals surface area contributed by atoms with E-state index in [-0.39, 0.29) is 10.8 Å². The van der Waals surface area contributed by atoms with Crippen molar-refractivity contribution >= 4 is 36.9 Å². The summed E-state index contributed by atoms with van der Waals surface area (Å²) in [6.07, 6.45) is 2.02. The van der Waals surface area contributed by atoms with Crippen molar-refractivity contribution in [1.29, 1.82) is 0 Å². The van der Waals surface area contributed by atoms with Crippen molar-refractivity contribution in [3.63, 3.8) is 0 Å². The van der Waals surface area contributed by atoms with Crippen LogP contribution >= 0.6 is 0 Å². The minimum atomic E-state index is -2.70. The van der Waals surface area contributed by atoms with E-state index in [1.807, 2.05) is 0 Å². The molecule has 1 fully saturated rings. The molecule has 1 aliphatic rings. The van der Waals surface area contributed by atoms with E-state index in [1.54, 1.807) is 9.64 Å². The van der Waals surface area contributed by atoms with Crippen molar-refractivity contribution in [1.82, 2.24) is 0 Å². The summed E-state index contributed by atoms with van der Waals surface area (Å²) in [5.41, 5.74) is 11.6. The molecule has 0 aliphatic carbocycles. The van der Waals surface area contributed by atoms with Crippen LogP contribution < -0.4 is 20.7 Å². The summed E-state index contributed by atoms with van der Waals surface area (Å²) in [5, 5.41) is 5.72. The first-order valence-electron chi connectivity index (χ1n) is 16.1. The fraction of sp³-hybridized carbons (Fsp3) is 0.286. The maximum Gasteiger partial charge on any atom is 0.181 e. The van der Waals surface area contributed by atoms with Crippen LogP contribution in [0.3, 0.4) is 0 Å². The van der Waals surface area contributed by atoms with Gasteiger partial charge in [0.05, 0.1) is 0 Å². The molecular formula is C42H48Si2. The van der Waals surface area contributed by atoms with Gasteiger partial charge in [0.25, 0.3) is 0 Å². The van der Waals surface area contributed by atoms with E-state index >= 15 is 0 Å². The van der Waals surface area contributed by atoms with Crippen LogP contribution in [-0.2, 0) is 0 Å². The van der Waals surface area contributed by atoms with Crippen LogP contribution in [0.25, 0.3) is 0 Å². The zero-order chi connectivity index (χ0) is 31.6. The van der Waals surface area contributed by atoms with Crippen LogP contribution in [-0.4, -0.2) is 16.1 Å². The van der Waals surface area contributed by atoms with Crippen LogP contribution in [0, 0.1) is 10.8 Å². The molecular weight excluding hydrogens is 561 g/mol. The lowest BCUT2D eigenvalue weighted by Crippen LogP contribution is -2.87. The second-order valence-electron chi connectivity index (χ2n) is 15.0. The zero-order valence-electron chi connectivity index (χ0n) is 28.0. The molecule has 0 radical (unpaired) electrons. The van der Waals surface area contributed by atoms with E-state index in [4.69, 9.17) is 0 Å². The normalized spacial score (nSPS) is 15.5. The van der Waals surface area contributed by atoms with Gasteiger partial charge in [-0.25, -0.2) is 0 Å². The van der Waals surface area contributed by atoms with Gasteiger partial charge in [0.1, 0.15) is 0 Å². The quantitative estimate of drug-likeness (QED) is 0.152. The van der Waals surface area contributed by atoms with Crippen LogP contribution in [0.2, 0.25) is 0 Å². The third kappa shape index (κ3) is 6.01. The Morgan fingerprint density at radius 2 is 0.659 bits per heavy atom. The molecule has 0 nitrogen and oxygen atoms in total. The molecule has 4 aromatic rings. The smallest absolute Gasteiger partial charge is 0.129 e. The second kappa shape index (κ2) is 12.4. The summed E-state index contributed by atoms with van der Waals surface area (Å²) in [6, 6.07) is 45.5. The summed E-state index contributed by atoms with van der Waals surface area (Å²) in [4.78, 5) is 3.10. The molecule has 44 heavy (non-hydrogen) atoms. The average Bonchev–Trinajstić information content (AvgIpc) is 2.97. The van der Waals surface area contributed by atoms with E-state index in [2.05, 4.69) is 188 Å². The molecule has 0 unspecified atom stereocenters. The molecule has 5 rings (SSSR count). The van der Waals surface area contributed by atoms with Gasteiger partial charge in [-0.15, -0.1) is 11.5 Å². The maximum absolute atomic E-state index is 4.29. The monoisotopic (exact) mass is 608 g/mol. The highest BCUT2D eigenvalue weighted by atomic mass is 28.5. The largest absolute Gasteiger partial charge is 0.181 e. The van der Waals surface area contributed by atoms with Gasteiger partial charge in [0.2, 0.25) is 0 Å². The first kappa shape index (κ1) is 31.8. The highest BCUT2D eigenvalue weighted by Gasteiger charge is 2.70. The van der Waals surface area contributed by atoms with Crippen molar-refractivity contribution in [2.24, 2.45) is 10.8 Å². The van der Waals surface area contributed by atoms with Crippen LogP contribution in [0.4, 0.5) is 0 Å². The highest BCUT2D eigenvalue weighted by Crippen LogP contribution is 2.47. The van der Waals surface area contributed by atoms with E-state index < -0.39 is 16.1 Å². The molecule has 0 saturated carbocycles. The molecule has 2 heteroatoms. The summed E-state index contributed by atoms with van der Waals surface area (Å²) in [6.45, 7) is 18.7. The fourth-order valence-electron chi connectivity index (χ4n) is 7.47. The first-order valence-corrected chi connectivity index (χ1v) is 20.1. The Balaban J connectivity index is 2.08. The number of benzene rings is 4. The third-order valence-electron chi connectivity index (χ3n) is 8.59. The van der Waals surface area contributed by atoms with Crippen molar-refractivity contribution in [3.05, 3.63) is 154 Å². The molecule has 1 heterocycles. The molecule has 0 spiro atoms. The van der Waals surface area contributed by atoms with Crippen molar-refractivity contribution in [3.8, 4) is 0 Å². The number of allylic oxidation sites excluding steroid dienone is 2. The van der Waals surface area contributed by atoms with Gasteiger partial charge in [-0.2, -0.15) is 0 Å². The lowest BCUT2D eigenvalue weighted by Gasteiger charge is -2.58. The van der Waals surface area contributed by atoms with E-state index in [1.165, 1.54) is 31.9 Å². The molecule has 0 atom stereocenters. The van der Waals surface area contributed by atoms with Gasteiger partial charge in [-0.1, -0.05) is 163 Å². The predicted molar refractivity (Wildman–Crippen MR) is 196 cm³/mol. The Labute approximate surface area is 268 Å². The molecule has 0 aromatic heterocycles. The maximum atomic E-state index is 4.29. The molecule has 0 amide bonds. The SMILES string of the molecule is CC(=C=C1[Si](c2ccccc2)(c2ccccc2)C(=C=C(C)CC(C)(C)C)[Si]1(c1ccccc1)c1ccccc1)CC(C)(C)C. The molecule has 224 valence electrons. The van der Waals surface area contributed by atoms with E-state index in [9.17, 15) is 0 Å². The number of hydrogen-bond donors (Lipinski definition) is 0. The highest BCUT2D eigenvalue weighted by molar-refractivity contribution is 7.46. The van der Waals surface area contributed by atoms with E-state index in [0.29, 0.717) is 0 Å². The van der Waals surface area contributed by atoms with Gasteiger partial charge in [0, 0.05) is 0 Å². The second-order valence-corrected chi connectivity index (χ2v) is 23.3. The average molecular weight is 609 g/mol. The van der Waals surface area contributed by atoms with Gasteiger partial charge >= 0.3 is 0 Å². The molecule has 0 bridgehead atoms. The van der Waals surface area contributed by atoms with Gasteiger partial charge in [0.15, 0.2) is 16.1 Å². The van der Waals surface area contributed by atoms with Gasteiger partial charge in [-0.3, -0.25) is 0 Å². The Kier molecular flexibility index (Phi) is 8.95. The molecule has 0 N–H and O–H groups in total. The summed E-state index contributed by atoms with van der Waals surface area (Å²) in [7, 11) is -5.40. The third-order valence-corrected chi connectivity index (χ3v) is 21.4. The minimum Gasteiger partial charge on any atom is -0.129 e. The predicted octanol–water partition coefficient (Wildman–Crippen LogP) is 8.50. The van der Waals surface area contributed by atoms with Crippen LogP contribution in [0.5, 0.6) is 0 Å². The lowest BCUT2D eigenvalue weighted by atomic mass is 9.89. The van der Waals surface area contributed by atoms with Crippen LogP contribution in [0.15, 0.2) is 154 Å².